The molecule has 1 aromatic rings. The molecule has 2 aliphatic carbocycles. The quantitative estimate of drug-likeness (QED) is 0.878. The molecular weight excluding hydrogens is 232 g/mol. The van der Waals surface area contributed by atoms with Gasteiger partial charge in [-0.1, -0.05) is 18.0 Å². The van der Waals surface area contributed by atoms with E-state index in [4.69, 9.17) is 11.6 Å². The Morgan fingerprint density at radius 1 is 1.35 bits per heavy atom. The van der Waals surface area contributed by atoms with Gasteiger partial charge in [0, 0.05) is 12.2 Å². The van der Waals surface area contributed by atoms with Crippen LogP contribution in [-0.2, 0) is 0 Å². The van der Waals surface area contributed by atoms with Gasteiger partial charge < -0.3 is 5.32 Å². The summed E-state index contributed by atoms with van der Waals surface area (Å²) in [6, 6.07) is 4.38. The molecule has 3 heteroatoms. The Labute approximate surface area is 108 Å². The molecule has 0 amide bonds. The van der Waals surface area contributed by atoms with Crippen LogP contribution in [0.2, 0.25) is 5.02 Å². The molecule has 2 fully saturated rings. The first kappa shape index (κ1) is 11.3. The number of halogens is 1. The summed E-state index contributed by atoms with van der Waals surface area (Å²) >= 11 is 5.84. The minimum atomic E-state index is 0.527. The van der Waals surface area contributed by atoms with E-state index in [0.29, 0.717) is 11.1 Å². The fraction of sp³-hybridized carbons (Fsp3) is 0.643. The molecule has 2 bridgehead atoms. The van der Waals surface area contributed by atoms with Crippen LogP contribution >= 0.6 is 11.6 Å². The maximum absolute atomic E-state index is 5.84. The normalized spacial score (nSPS) is 32.7. The molecule has 0 aliphatic heterocycles. The molecule has 4 unspecified atom stereocenters. The van der Waals surface area contributed by atoms with Gasteiger partial charge in [-0.15, -0.1) is 0 Å². The average molecular weight is 251 g/mol. The summed E-state index contributed by atoms with van der Waals surface area (Å²) in [7, 11) is 0. The summed E-state index contributed by atoms with van der Waals surface area (Å²) in [5, 5.41) is 4.22. The number of hydrogen-bond donors (Lipinski definition) is 1. The van der Waals surface area contributed by atoms with E-state index in [9.17, 15) is 0 Å². The maximum atomic E-state index is 5.84. The van der Waals surface area contributed by atoms with E-state index >= 15 is 0 Å². The van der Waals surface area contributed by atoms with Gasteiger partial charge in [-0.25, -0.2) is 4.98 Å². The third-order valence-electron chi connectivity index (χ3n) is 4.54. The van der Waals surface area contributed by atoms with E-state index in [0.717, 1.165) is 23.6 Å². The Bertz CT molecular complexity index is 390. The molecule has 0 aromatic carbocycles. The van der Waals surface area contributed by atoms with Crippen LogP contribution in [0.5, 0.6) is 0 Å². The molecule has 0 radical (unpaired) electrons. The zero-order valence-electron chi connectivity index (χ0n) is 10.2. The Kier molecular flexibility index (Phi) is 2.99. The predicted molar refractivity (Wildman–Crippen MR) is 71.3 cm³/mol. The zero-order valence-corrected chi connectivity index (χ0v) is 11.0. The van der Waals surface area contributed by atoms with E-state index in [1.807, 2.05) is 12.1 Å². The van der Waals surface area contributed by atoms with Crippen molar-refractivity contribution >= 4 is 17.4 Å². The van der Waals surface area contributed by atoms with Crippen LogP contribution in [0.4, 0.5) is 5.82 Å². The Morgan fingerprint density at radius 3 is 2.82 bits per heavy atom. The standard InChI is InChI=1S/C14H19ClN2/c1-9(13-7-10-2-3-11(13)6-10)17-14-5-4-12(15)8-16-14/h4-5,8-11,13H,2-3,6-7H2,1H3,(H,16,17). The lowest BCUT2D eigenvalue weighted by molar-refractivity contribution is 0.304. The number of aromatic nitrogens is 1. The first-order valence-electron chi connectivity index (χ1n) is 6.60. The minimum Gasteiger partial charge on any atom is -0.367 e. The molecule has 2 saturated carbocycles. The Hall–Kier alpha value is -0.760. The fourth-order valence-corrected chi connectivity index (χ4v) is 3.82. The van der Waals surface area contributed by atoms with E-state index in [1.165, 1.54) is 25.7 Å². The van der Waals surface area contributed by atoms with Crippen molar-refractivity contribution < 1.29 is 0 Å². The van der Waals surface area contributed by atoms with Gasteiger partial charge >= 0.3 is 0 Å². The lowest BCUT2D eigenvalue weighted by Crippen LogP contribution is -2.30. The van der Waals surface area contributed by atoms with Gasteiger partial charge in [0.1, 0.15) is 5.82 Å². The van der Waals surface area contributed by atoms with Crippen LogP contribution in [0.25, 0.3) is 0 Å². The van der Waals surface area contributed by atoms with Crippen molar-refractivity contribution in [1.29, 1.82) is 0 Å². The number of rotatable bonds is 3. The molecule has 92 valence electrons. The maximum Gasteiger partial charge on any atom is 0.126 e. The van der Waals surface area contributed by atoms with Gasteiger partial charge in [0.15, 0.2) is 0 Å². The zero-order chi connectivity index (χ0) is 11.8. The predicted octanol–water partition coefficient (Wildman–Crippen LogP) is 3.97. The van der Waals surface area contributed by atoms with Crippen molar-refractivity contribution in [2.24, 2.45) is 17.8 Å². The molecule has 3 rings (SSSR count). The van der Waals surface area contributed by atoms with Crippen LogP contribution < -0.4 is 5.32 Å². The van der Waals surface area contributed by atoms with Crippen molar-refractivity contribution in [1.82, 2.24) is 4.98 Å². The number of hydrogen-bond acceptors (Lipinski definition) is 2. The van der Waals surface area contributed by atoms with Crippen LogP contribution in [-0.4, -0.2) is 11.0 Å². The third-order valence-corrected chi connectivity index (χ3v) is 4.76. The van der Waals surface area contributed by atoms with Gasteiger partial charge in [-0.05, 0) is 56.1 Å². The Balaban J connectivity index is 1.63. The van der Waals surface area contributed by atoms with Crippen molar-refractivity contribution in [3.8, 4) is 0 Å². The monoisotopic (exact) mass is 250 g/mol. The molecule has 0 saturated heterocycles. The highest BCUT2D eigenvalue weighted by atomic mass is 35.5. The number of fused-ring (bicyclic) bond motifs is 2. The minimum absolute atomic E-state index is 0.527. The number of nitrogens with one attached hydrogen (secondary N) is 1. The number of pyridine rings is 1. The largest absolute Gasteiger partial charge is 0.367 e. The van der Waals surface area contributed by atoms with E-state index in [2.05, 4.69) is 17.2 Å². The van der Waals surface area contributed by atoms with Gasteiger partial charge in [-0.2, -0.15) is 0 Å². The number of anilines is 1. The highest BCUT2D eigenvalue weighted by molar-refractivity contribution is 6.30. The van der Waals surface area contributed by atoms with Crippen LogP contribution in [0.3, 0.4) is 0 Å². The van der Waals surface area contributed by atoms with E-state index in [1.54, 1.807) is 6.20 Å². The topological polar surface area (TPSA) is 24.9 Å². The second kappa shape index (κ2) is 4.49. The molecule has 1 aromatic heterocycles. The molecule has 4 atom stereocenters. The van der Waals surface area contributed by atoms with Crippen LogP contribution in [0, 0.1) is 17.8 Å². The molecule has 1 heterocycles. The smallest absolute Gasteiger partial charge is 0.126 e. The molecule has 17 heavy (non-hydrogen) atoms. The lowest BCUT2D eigenvalue weighted by Gasteiger charge is -2.28. The number of nitrogens with zero attached hydrogens (tertiary/aromatic N) is 1. The van der Waals surface area contributed by atoms with Crippen molar-refractivity contribution in [2.75, 3.05) is 5.32 Å². The highest BCUT2D eigenvalue weighted by Crippen LogP contribution is 2.49. The summed E-state index contributed by atoms with van der Waals surface area (Å²) in [6.45, 7) is 2.29. The lowest BCUT2D eigenvalue weighted by atomic mass is 9.84. The molecule has 1 N–H and O–H groups in total. The van der Waals surface area contributed by atoms with E-state index in [-0.39, 0.29) is 0 Å². The summed E-state index contributed by atoms with van der Waals surface area (Å²) in [5.74, 6) is 3.75. The fourth-order valence-electron chi connectivity index (χ4n) is 3.71. The summed E-state index contributed by atoms with van der Waals surface area (Å²) in [5.41, 5.74) is 0. The molecule has 2 aliphatic rings. The second-order valence-electron chi connectivity index (χ2n) is 5.63. The van der Waals surface area contributed by atoms with E-state index < -0.39 is 0 Å². The molecule has 2 nitrogen and oxygen atoms in total. The Morgan fingerprint density at radius 2 is 2.24 bits per heavy atom. The highest BCUT2D eigenvalue weighted by Gasteiger charge is 2.41. The van der Waals surface area contributed by atoms with Crippen molar-refractivity contribution in [3.05, 3.63) is 23.4 Å². The average Bonchev–Trinajstić information content (AvgIpc) is 2.94. The van der Waals surface area contributed by atoms with Crippen molar-refractivity contribution in [3.63, 3.8) is 0 Å². The van der Waals surface area contributed by atoms with Crippen LogP contribution in [0.15, 0.2) is 18.3 Å². The third kappa shape index (κ3) is 2.28. The SMILES string of the molecule is CC(Nc1ccc(Cl)cn1)C1CC2CCC1C2. The molecule has 0 spiro atoms. The van der Waals surface area contributed by atoms with Gasteiger partial charge in [0.2, 0.25) is 0 Å². The van der Waals surface area contributed by atoms with Gasteiger partial charge in [0.05, 0.1) is 5.02 Å². The van der Waals surface area contributed by atoms with Crippen molar-refractivity contribution in [2.45, 2.75) is 38.6 Å². The first-order chi connectivity index (χ1) is 8.22. The summed E-state index contributed by atoms with van der Waals surface area (Å²) in [6.07, 6.45) is 7.48. The first-order valence-corrected chi connectivity index (χ1v) is 6.98. The van der Waals surface area contributed by atoms with Crippen LogP contribution in [0.1, 0.15) is 32.6 Å². The summed E-state index contributed by atoms with van der Waals surface area (Å²) < 4.78 is 0. The second-order valence-corrected chi connectivity index (χ2v) is 6.07. The van der Waals surface area contributed by atoms with Gasteiger partial charge in [0.25, 0.3) is 0 Å². The summed E-state index contributed by atoms with van der Waals surface area (Å²) in [4.78, 5) is 4.31. The van der Waals surface area contributed by atoms with Gasteiger partial charge in [-0.3, -0.25) is 0 Å². The molecular formula is C14H19ClN2.